The Bertz CT molecular complexity index is 654. The average Bonchev–Trinajstić information content (AvgIpc) is 2.29. The Hall–Kier alpha value is -2.21. The van der Waals surface area contributed by atoms with Crippen molar-refractivity contribution in [1.29, 1.82) is 0 Å². The number of sulfonamides is 1. The number of rotatable bonds is 3. The lowest BCUT2D eigenvalue weighted by Gasteiger charge is -2.10. The molecule has 0 aromatic heterocycles. The van der Waals surface area contributed by atoms with E-state index in [4.69, 9.17) is 11.5 Å². The van der Waals surface area contributed by atoms with E-state index < -0.39 is 10.0 Å². The molecule has 6 heteroatoms. The zero-order valence-corrected chi connectivity index (χ0v) is 10.2. The highest BCUT2D eigenvalue weighted by atomic mass is 32.2. The molecular weight excluding hydrogens is 250 g/mol. The van der Waals surface area contributed by atoms with Crippen molar-refractivity contribution in [3.8, 4) is 0 Å². The SMILES string of the molecule is Nc1ccc(S(=O)(=O)Nc2cc[c]cc2)c(N)c1. The topological polar surface area (TPSA) is 98.2 Å². The van der Waals surface area contributed by atoms with Crippen LogP contribution in [-0.2, 0) is 10.0 Å². The molecule has 0 saturated heterocycles. The Morgan fingerprint density at radius 3 is 2.33 bits per heavy atom. The van der Waals surface area contributed by atoms with E-state index in [1.165, 1.54) is 18.2 Å². The van der Waals surface area contributed by atoms with E-state index in [0.717, 1.165) is 0 Å². The van der Waals surface area contributed by atoms with Crippen LogP contribution < -0.4 is 16.2 Å². The Kier molecular flexibility index (Phi) is 3.12. The number of hydrogen-bond acceptors (Lipinski definition) is 4. The average molecular weight is 262 g/mol. The van der Waals surface area contributed by atoms with E-state index in [2.05, 4.69) is 10.8 Å². The second-order valence-corrected chi connectivity index (χ2v) is 5.34. The molecule has 1 radical (unpaired) electrons. The predicted octanol–water partition coefficient (Wildman–Crippen LogP) is 1.45. The summed E-state index contributed by atoms with van der Waals surface area (Å²) in [5, 5.41) is 0. The van der Waals surface area contributed by atoms with Crippen LogP contribution in [0.4, 0.5) is 17.1 Å². The van der Waals surface area contributed by atoms with Gasteiger partial charge in [-0.05, 0) is 36.4 Å². The van der Waals surface area contributed by atoms with Gasteiger partial charge in [-0.1, -0.05) is 12.1 Å². The van der Waals surface area contributed by atoms with Crippen LogP contribution in [0.2, 0.25) is 0 Å². The van der Waals surface area contributed by atoms with Crippen molar-refractivity contribution in [2.45, 2.75) is 4.90 Å². The maximum absolute atomic E-state index is 12.1. The number of benzene rings is 2. The van der Waals surface area contributed by atoms with Crippen LogP contribution >= 0.6 is 0 Å². The zero-order chi connectivity index (χ0) is 13.2. The lowest BCUT2D eigenvalue weighted by Crippen LogP contribution is -2.14. The maximum Gasteiger partial charge on any atom is 0.263 e. The summed E-state index contributed by atoms with van der Waals surface area (Å²) in [6.07, 6.45) is 0. The molecule has 0 saturated carbocycles. The lowest BCUT2D eigenvalue weighted by molar-refractivity contribution is 0.601. The first-order chi connectivity index (χ1) is 8.49. The van der Waals surface area contributed by atoms with E-state index in [0.29, 0.717) is 11.4 Å². The number of nitrogens with two attached hydrogens (primary N) is 2. The Balaban J connectivity index is 2.37. The normalized spacial score (nSPS) is 11.1. The molecule has 18 heavy (non-hydrogen) atoms. The van der Waals surface area contributed by atoms with Gasteiger partial charge in [0, 0.05) is 11.4 Å². The Morgan fingerprint density at radius 2 is 1.72 bits per heavy atom. The third kappa shape index (κ3) is 2.54. The third-order valence-corrected chi connectivity index (χ3v) is 3.75. The molecule has 0 amide bonds. The quantitative estimate of drug-likeness (QED) is 0.729. The molecule has 0 heterocycles. The zero-order valence-electron chi connectivity index (χ0n) is 9.42. The van der Waals surface area contributed by atoms with Gasteiger partial charge in [-0.15, -0.1) is 0 Å². The molecule has 0 fully saturated rings. The highest BCUT2D eigenvalue weighted by molar-refractivity contribution is 7.92. The summed E-state index contributed by atoms with van der Waals surface area (Å²) in [7, 11) is -3.71. The van der Waals surface area contributed by atoms with Gasteiger partial charge in [-0.3, -0.25) is 4.72 Å². The van der Waals surface area contributed by atoms with Crippen molar-refractivity contribution >= 4 is 27.1 Å². The summed E-state index contributed by atoms with van der Waals surface area (Å²) in [4.78, 5) is 0.00420. The van der Waals surface area contributed by atoms with Crippen LogP contribution in [0.3, 0.4) is 0 Å². The van der Waals surface area contributed by atoms with Crippen molar-refractivity contribution in [2.24, 2.45) is 0 Å². The van der Waals surface area contributed by atoms with Crippen molar-refractivity contribution < 1.29 is 8.42 Å². The second-order valence-electron chi connectivity index (χ2n) is 3.69. The van der Waals surface area contributed by atoms with E-state index >= 15 is 0 Å². The monoisotopic (exact) mass is 262 g/mol. The van der Waals surface area contributed by atoms with Crippen molar-refractivity contribution in [3.05, 3.63) is 48.5 Å². The maximum atomic E-state index is 12.1. The van der Waals surface area contributed by atoms with Crippen LogP contribution in [0.5, 0.6) is 0 Å². The molecule has 0 aliphatic rings. The van der Waals surface area contributed by atoms with Crippen LogP contribution in [0.15, 0.2) is 47.4 Å². The molecule has 0 bridgehead atoms. The van der Waals surface area contributed by atoms with Gasteiger partial charge in [-0.25, -0.2) is 8.42 Å². The minimum absolute atomic E-state index is 0.00420. The van der Waals surface area contributed by atoms with Gasteiger partial charge in [0.2, 0.25) is 0 Å². The highest BCUT2D eigenvalue weighted by Gasteiger charge is 2.17. The molecule has 0 atom stereocenters. The first kappa shape index (κ1) is 12.3. The molecule has 0 unspecified atom stereocenters. The van der Waals surface area contributed by atoms with Crippen LogP contribution in [0.25, 0.3) is 0 Å². The van der Waals surface area contributed by atoms with Gasteiger partial charge in [0.15, 0.2) is 0 Å². The summed E-state index contributed by atoms with van der Waals surface area (Å²) in [6.45, 7) is 0. The number of nitrogen functional groups attached to an aromatic ring is 2. The minimum atomic E-state index is -3.71. The molecule has 93 valence electrons. The van der Waals surface area contributed by atoms with Gasteiger partial charge in [0.05, 0.1) is 5.69 Å². The first-order valence-electron chi connectivity index (χ1n) is 5.13. The Labute approximate surface area is 105 Å². The van der Waals surface area contributed by atoms with Crippen LogP contribution in [0.1, 0.15) is 0 Å². The fourth-order valence-corrected chi connectivity index (χ4v) is 2.65. The summed E-state index contributed by atoms with van der Waals surface area (Å²) in [6, 6.07) is 13.5. The van der Waals surface area contributed by atoms with Gasteiger partial charge >= 0.3 is 0 Å². The first-order valence-corrected chi connectivity index (χ1v) is 6.61. The number of hydrogen-bond donors (Lipinski definition) is 3. The number of anilines is 3. The molecule has 5 nitrogen and oxygen atoms in total. The van der Waals surface area contributed by atoms with E-state index in [1.54, 1.807) is 24.3 Å². The summed E-state index contributed by atoms with van der Waals surface area (Å²) >= 11 is 0. The van der Waals surface area contributed by atoms with Crippen LogP contribution in [-0.4, -0.2) is 8.42 Å². The van der Waals surface area contributed by atoms with Crippen molar-refractivity contribution in [2.75, 3.05) is 16.2 Å². The molecular formula is C12H12N3O2S. The Morgan fingerprint density at radius 1 is 1.06 bits per heavy atom. The number of nitrogens with one attached hydrogen (secondary N) is 1. The smallest absolute Gasteiger partial charge is 0.263 e. The highest BCUT2D eigenvalue weighted by Crippen LogP contribution is 2.23. The van der Waals surface area contributed by atoms with Crippen LogP contribution in [0, 0.1) is 6.07 Å². The van der Waals surface area contributed by atoms with Gasteiger partial charge in [0.1, 0.15) is 4.90 Å². The standard InChI is InChI=1S/C12H12N3O2S/c13-9-6-7-12(11(14)8-9)18(16,17)15-10-4-2-1-3-5-10/h2-8,15H,13-14H2. The van der Waals surface area contributed by atoms with Gasteiger partial charge in [-0.2, -0.15) is 0 Å². The third-order valence-electron chi connectivity index (χ3n) is 2.29. The van der Waals surface area contributed by atoms with E-state index in [1.807, 2.05) is 0 Å². The molecule has 0 spiro atoms. The molecule has 2 aromatic carbocycles. The lowest BCUT2D eigenvalue weighted by atomic mass is 10.3. The van der Waals surface area contributed by atoms with Gasteiger partial charge in [0.25, 0.3) is 10.0 Å². The van der Waals surface area contributed by atoms with Crippen molar-refractivity contribution in [1.82, 2.24) is 0 Å². The summed E-state index contributed by atoms with van der Waals surface area (Å²) in [5.74, 6) is 0. The van der Waals surface area contributed by atoms with Gasteiger partial charge < -0.3 is 11.5 Å². The predicted molar refractivity (Wildman–Crippen MR) is 71.4 cm³/mol. The molecule has 2 rings (SSSR count). The second kappa shape index (κ2) is 4.58. The summed E-state index contributed by atoms with van der Waals surface area (Å²) in [5.41, 5.74) is 12.2. The minimum Gasteiger partial charge on any atom is -0.399 e. The van der Waals surface area contributed by atoms with E-state index in [9.17, 15) is 8.42 Å². The fourth-order valence-electron chi connectivity index (χ4n) is 1.48. The molecule has 5 N–H and O–H groups in total. The molecule has 2 aromatic rings. The molecule has 0 aliphatic heterocycles. The summed E-state index contributed by atoms with van der Waals surface area (Å²) < 4.78 is 26.6. The van der Waals surface area contributed by atoms with E-state index in [-0.39, 0.29) is 10.6 Å². The molecule has 0 aliphatic carbocycles. The fraction of sp³-hybridized carbons (Fsp3) is 0. The largest absolute Gasteiger partial charge is 0.399 e. The van der Waals surface area contributed by atoms with Crippen molar-refractivity contribution in [3.63, 3.8) is 0 Å².